The van der Waals surface area contributed by atoms with Crippen molar-refractivity contribution in [3.8, 4) is 5.75 Å². The lowest BCUT2D eigenvalue weighted by molar-refractivity contribution is -0.132. The molecular weight excluding hydrogens is 534 g/mol. The molecule has 2 heterocycles. The van der Waals surface area contributed by atoms with Crippen molar-refractivity contribution in [2.45, 2.75) is 45.2 Å². The maximum atomic E-state index is 14.0. The Balaban J connectivity index is 1.39. The molecule has 2 atom stereocenters. The van der Waals surface area contributed by atoms with Gasteiger partial charge in [-0.3, -0.25) is 9.59 Å². The highest BCUT2D eigenvalue weighted by molar-refractivity contribution is 6.32. The molecule has 3 aromatic carbocycles. The Morgan fingerprint density at radius 3 is 2.56 bits per heavy atom. The van der Waals surface area contributed by atoms with Gasteiger partial charge in [-0.25, -0.2) is 0 Å². The molecule has 1 N–H and O–H groups in total. The van der Waals surface area contributed by atoms with Gasteiger partial charge in [-0.15, -0.1) is 0 Å². The number of benzene rings is 3. The van der Waals surface area contributed by atoms with Crippen LogP contribution in [0.5, 0.6) is 5.75 Å². The lowest BCUT2D eigenvalue weighted by atomic mass is 9.82. The second kappa shape index (κ2) is 12.9. The van der Waals surface area contributed by atoms with E-state index in [1.54, 1.807) is 6.92 Å². The standard InChI is InChI=1S/C34H38ClN3O3/c1-23-12-13-30(35)32(18-23)41-17-15-26-10-7-11-27(19-26)29-20-28-21-38(24(2)39)22-31(36-28)33(29)34(40)37(3)16-14-25-8-5-4-6-9-25/h4-13,18-19,28,31,36H,14-17,20-22H2,1-3H3/t28-,31-/m1/s1. The summed E-state index contributed by atoms with van der Waals surface area (Å²) in [5, 5.41) is 4.25. The minimum absolute atomic E-state index is 0.0140. The molecule has 2 aliphatic heterocycles. The van der Waals surface area contributed by atoms with Crippen LogP contribution in [0, 0.1) is 6.92 Å². The Morgan fingerprint density at radius 2 is 1.78 bits per heavy atom. The fourth-order valence-corrected chi connectivity index (χ4v) is 5.96. The number of carbonyl (C=O) groups excluding carboxylic acids is 2. The molecule has 0 aliphatic carbocycles. The Labute approximate surface area is 247 Å². The van der Waals surface area contributed by atoms with E-state index in [0.29, 0.717) is 43.4 Å². The molecule has 2 aliphatic rings. The molecule has 0 saturated carbocycles. The number of nitrogens with zero attached hydrogens (tertiary/aromatic N) is 2. The van der Waals surface area contributed by atoms with Gasteiger partial charge in [0.2, 0.25) is 5.91 Å². The normalized spacial score (nSPS) is 18.3. The number of ether oxygens (including phenoxy) is 1. The molecular formula is C34H38ClN3O3. The topological polar surface area (TPSA) is 61.9 Å². The molecule has 3 aromatic rings. The first-order valence-corrected chi connectivity index (χ1v) is 14.7. The predicted molar refractivity (Wildman–Crippen MR) is 164 cm³/mol. The lowest BCUT2D eigenvalue weighted by Gasteiger charge is -2.44. The number of hydrogen-bond donors (Lipinski definition) is 1. The SMILES string of the molecule is CC(=O)N1C[C@H]2CC(c3cccc(CCOc4cc(C)ccc4Cl)c3)=C(C(=O)N(C)CCc3ccccc3)[C@@H](C1)N2. The third kappa shape index (κ3) is 7.00. The van der Waals surface area contributed by atoms with Crippen LogP contribution in [0.2, 0.25) is 5.02 Å². The van der Waals surface area contributed by atoms with E-state index in [0.717, 1.165) is 40.7 Å². The number of nitrogens with one attached hydrogen (secondary N) is 1. The second-order valence-electron chi connectivity index (χ2n) is 11.1. The van der Waals surface area contributed by atoms with E-state index in [9.17, 15) is 9.59 Å². The summed E-state index contributed by atoms with van der Waals surface area (Å²) >= 11 is 6.31. The van der Waals surface area contributed by atoms with Crippen molar-refractivity contribution in [3.05, 3.63) is 106 Å². The highest BCUT2D eigenvalue weighted by atomic mass is 35.5. The van der Waals surface area contributed by atoms with Gasteiger partial charge in [0, 0.05) is 51.6 Å². The zero-order chi connectivity index (χ0) is 28.9. The van der Waals surface area contributed by atoms with Gasteiger partial charge in [-0.2, -0.15) is 0 Å². The van der Waals surface area contributed by atoms with Crippen molar-refractivity contribution in [3.63, 3.8) is 0 Å². The molecule has 0 unspecified atom stereocenters. The Bertz CT molecular complexity index is 1440. The van der Waals surface area contributed by atoms with Crippen LogP contribution in [0.4, 0.5) is 0 Å². The summed E-state index contributed by atoms with van der Waals surface area (Å²) in [6, 6.07) is 24.3. The smallest absolute Gasteiger partial charge is 0.251 e. The van der Waals surface area contributed by atoms with Crippen molar-refractivity contribution in [2.75, 3.05) is 33.3 Å². The molecule has 7 heteroatoms. The van der Waals surface area contributed by atoms with Crippen LogP contribution in [0.1, 0.15) is 35.6 Å². The third-order valence-electron chi connectivity index (χ3n) is 8.02. The quantitative estimate of drug-likeness (QED) is 0.378. The number of rotatable bonds is 9. The molecule has 1 saturated heterocycles. The Morgan fingerprint density at radius 1 is 1.00 bits per heavy atom. The average molecular weight is 572 g/mol. The molecule has 2 amide bonds. The van der Waals surface area contributed by atoms with Crippen molar-refractivity contribution < 1.29 is 14.3 Å². The number of piperazine rings is 1. The van der Waals surface area contributed by atoms with Crippen LogP contribution in [-0.4, -0.2) is 67.0 Å². The van der Waals surface area contributed by atoms with Crippen LogP contribution in [0.15, 0.2) is 78.4 Å². The van der Waals surface area contributed by atoms with E-state index in [2.05, 4.69) is 41.7 Å². The largest absolute Gasteiger partial charge is 0.492 e. The summed E-state index contributed by atoms with van der Waals surface area (Å²) in [5.41, 5.74) is 6.33. The van der Waals surface area contributed by atoms with E-state index in [-0.39, 0.29) is 23.9 Å². The van der Waals surface area contributed by atoms with Gasteiger partial charge in [-0.05, 0) is 59.7 Å². The number of halogens is 1. The van der Waals surface area contributed by atoms with Crippen molar-refractivity contribution in [2.24, 2.45) is 0 Å². The maximum Gasteiger partial charge on any atom is 0.251 e. The number of likely N-dealkylation sites (N-methyl/N-ethyl adjacent to an activating group) is 1. The predicted octanol–water partition coefficient (Wildman–Crippen LogP) is 5.32. The van der Waals surface area contributed by atoms with Crippen LogP contribution in [-0.2, 0) is 22.4 Å². The molecule has 0 aromatic heterocycles. The molecule has 5 rings (SSSR count). The lowest BCUT2D eigenvalue weighted by Crippen LogP contribution is -2.61. The van der Waals surface area contributed by atoms with Crippen molar-refractivity contribution in [1.82, 2.24) is 15.1 Å². The first-order chi connectivity index (χ1) is 19.8. The van der Waals surface area contributed by atoms with Gasteiger partial charge in [0.1, 0.15) is 5.75 Å². The van der Waals surface area contributed by atoms with Gasteiger partial charge >= 0.3 is 0 Å². The van der Waals surface area contributed by atoms with Gasteiger partial charge < -0.3 is 19.9 Å². The van der Waals surface area contributed by atoms with E-state index in [1.165, 1.54) is 5.56 Å². The van der Waals surface area contributed by atoms with E-state index in [1.807, 2.05) is 60.2 Å². The number of fused-ring (bicyclic) bond motifs is 2. The minimum atomic E-state index is -0.205. The van der Waals surface area contributed by atoms with Crippen LogP contribution in [0.3, 0.4) is 0 Å². The molecule has 1 fully saturated rings. The second-order valence-corrected chi connectivity index (χ2v) is 11.5. The number of carbonyl (C=O) groups is 2. The summed E-state index contributed by atoms with van der Waals surface area (Å²) in [6.45, 7) is 5.88. The van der Waals surface area contributed by atoms with E-state index >= 15 is 0 Å². The van der Waals surface area contributed by atoms with Gasteiger partial charge in [0.15, 0.2) is 0 Å². The fraction of sp³-hybridized carbons (Fsp3) is 0.353. The summed E-state index contributed by atoms with van der Waals surface area (Å²) in [7, 11) is 1.87. The maximum absolute atomic E-state index is 14.0. The van der Waals surface area contributed by atoms with Gasteiger partial charge in [-0.1, -0.05) is 72.3 Å². The average Bonchev–Trinajstić information content (AvgIpc) is 2.97. The molecule has 6 nitrogen and oxygen atoms in total. The molecule has 214 valence electrons. The fourth-order valence-electron chi connectivity index (χ4n) is 5.79. The van der Waals surface area contributed by atoms with Gasteiger partial charge in [0.05, 0.1) is 17.7 Å². The summed E-state index contributed by atoms with van der Waals surface area (Å²) in [4.78, 5) is 30.0. The summed E-state index contributed by atoms with van der Waals surface area (Å²) in [6.07, 6.45) is 2.19. The molecule has 2 bridgehead atoms. The molecule has 0 radical (unpaired) electrons. The van der Waals surface area contributed by atoms with Crippen LogP contribution < -0.4 is 10.1 Å². The zero-order valence-electron chi connectivity index (χ0n) is 24.0. The highest BCUT2D eigenvalue weighted by Crippen LogP contribution is 2.34. The minimum Gasteiger partial charge on any atom is -0.492 e. The molecule has 0 spiro atoms. The third-order valence-corrected chi connectivity index (χ3v) is 8.33. The van der Waals surface area contributed by atoms with Crippen molar-refractivity contribution in [1.29, 1.82) is 0 Å². The van der Waals surface area contributed by atoms with Gasteiger partial charge in [0.25, 0.3) is 5.91 Å². The zero-order valence-corrected chi connectivity index (χ0v) is 24.8. The van der Waals surface area contributed by atoms with E-state index in [4.69, 9.17) is 16.3 Å². The number of aryl methyl sites for hydroxylation is 1. The van der Waals surface area contributed by atoms with Crippen LogP contribution in [0.25, 0.3) is 5.57 Å². The Hall–Kier alpha value is -3.61. The number of hydrogen-bond acceptors (Lipinski definition) is 4. The first-order valence-electron chi connectivity index (χ1n) is 14.3. The van der Waals surface area contributed by atoms with Crippen LogP contribution >= 0.6 is 11.6 Å². The Kier molecular flexibility index (Phi) is 9.11. The van der Waals surface area contributed by atoms with Crippen molar-refractivity contribution >= 4 is 29.0 Å². The highest BCUT2D eigenvalue weighted by Gasteiger charge is 2.39. The summed E-state index contributed by atoms with van der Waals surface area (Å²) in [5.74, 6) is 0.753. The van der Waals surface area contributed by atoms with E-state index < -0.39 is 0 Å². The monoisotopic (exact) mass is 571 g/mol. The molecule has 41 heavy (non-hydrogen) atoms. The first kappa shape index (κ1) is 28.9. The number of amides is 2. The summed E-state index contributed by atoms with van der Waals surface area (Å²) < 4.78 is 6.00.